The van der Waals surface area contributed by atoms with Gasteiger partial charge in [-0.05, 0) is 24.7 Å². The van der Waals surface area contributed by atoms with Crippen LogP contribution in [0.5, 0.6) is 0 Å². The normalized spacial score (nSPS) is 11.7. The Morgan fingerprint density at radius 1 is 0.526 bits per heavy atom. The van der Waals surface area contributed by atoms with Gasteiger partial charge in [0.15, 0.2) is 0 Å². The summed E-state index contributed by atoms with van der Waals surface area (Å²) < 4.78 is 11.1. The molecule has 0 N–H and O–H groups in total. The molecule has 0 aromatic carbocycles. The zero-order valence-corrected chi connectivity index (χ0v) is 13.7. The van der Waals surface area contributed by atoms with Crippen LogP contribution in [0.15, 0.2) is 0 Å². The second-order valence-electron chi connectivity index (χ2n) is 6.41. The average Bonchev–Trinajstić information content (AvgIpc) is 2.34. The molecule has 2 nitrogen and oxygen atoms in total. The van der Waals surface area contributed by atoms with E-state index in [1.165, 1.54) is 44.9 Å². The van der Waals surface area contributed by atoms with Crippen molar-refractivity contribution in [1.29, 1.82) is 0 Å². The Hall–Kier alpha value is -0.0800. The van der Waals surface area contributed by atoms with Gasteiger partial charge in [0.05, 0.1) is 0 Å². The summed E-state index contributed by atoms with van der Waals surface area (Å²) in [7, 11) is 0. The Bertz CT molecular complexity index is 149. The van der Waals surface area contributed by atoms with Gasteiger partial charge in [-0.15, -0.1) is 0 Å². The molecule has 116 valence electrons. The Morgan fingerprint density at radius 3 is 1.16 bits per heavy atom. The summed E-state index contributed by atoms with van der Waals surface area (Å²) in [6.07, 6.45) is 9.18. The van der Waals surface area contributed by atoms with Gasteiger partial charge in [0.2, 0.25) is 0 Å². The summed E-state index contributed by atoms with van der Waals surface area (Å²) in [5.74, 6) is 1.33. The molecule has 0 aliphatic heterocycles. The molecule has 0 heterocycles. The van der Waals surface area contributed by atoms with Gasteiger partial charge in [-0.25, -0.2) is 0 Å². The molecular formula is C17H36O2. The van der Waals surface area contributed by atoms with Crippen LogP contribution >= 0.6 is 0 Å². The van der Waals surface area contributed by atoms with Gasteiger partial charge in [0.25, 0.3) is 0 Å². The molecule has 0 amide bonds. The van der Waals surface area contributed by atoms with Crippen molar-refractivity contribution < 1.29 is 9.47 Å². The molecule has 0 saturated heterocycles. The van der Waals surface area contributed by atoms with E-state index >= 15 is 0 Å². The van der Waals surface area contributed by atoms with Crippen LogP contribution in [0.25, 0.3) is 0 Å². The smallest absolute Gasteiger partial charge is 0.0488 e. The third-order valence-electron chi connectivity index (χ3n) is 2.98. The minimum Gasteiger partial charge on any atom is -0.381 e. The monoisotopic (exact) mass is 272 g/mol. The summed E-state index contributed by atoms with van der Waals surface area (Å²) in [6, 6.07) is 0. The molecule has 19 heavy (non-hydrogen) atoms. The first kappa shape index (κ1) is 18.9. The zero-order valence-electron chi connectivity index (χ0n) is 13.7. The lowest BCUT2D eigenvalue weighted by molar-refractivity contribution is 0.105. The molecule has 0 aliphatic rings. The predicted octanol–water partition coefficient (Wildman–Crippen LogP) is 5.06. The van der Waals surface area contributed by atoms with Crippen LogP contribution in [-0.4, -0.2) is 26.4 Å². The third-order valence-corrected chi connectivity index (χ3v) is 2.98. The lowest BCUT2D eigenvalue weighted by Crippen LogP contribution is -2.03. The minimum absolute atomic E-state index is 0.665. The van der Waals surface area contributed by atoms with Crippen molar-refractivity contribution >= 4 is 0 Å². The van der Waals surface area contributed by atoms with Crippen LogP contribution in [0, 0.1) is 11.8 Å². The molecule has 0 bridgehead atoms. The Labute approximate surface area is 121 Å². The Kier molecular flexibility index (Phi) is 14.3. The molecule has 2 heteroatoms. The highest BCUT2D eigenvalue weighted by molar-refractivity contribution is 4.47. The first-order chi connectivity index (χ1) is 9.13. The van der Waals surface area contributed by atoms with E-state index in [2.05, 4.69) is 27.7 Å². The van der Waals surface area contributed by atoms with Gasteiger partial charge < -0.3 is 9.47 Å². The van der Waals surface area contributed by atoms with Gasteiger partial charge in [-0.1, -0.05) is 59.8 Å². The van der Waals surface area contributed by atoms with Crippen LogP contribution in [-0.2, 0) is 9.47 Å². The van der Waals surface area contributed by atoms with Crippen molar-refractivity contribution in [2.75, 3.05) is 26.4 Å². The van der Waals surface area contributed by atoms with Crippen LogP contribution in [0.1, 0.15) is 72.6 Å². The molecule has 0 aliphatic carbocycles. The number of ether oxygens (including phenoxy) is 2. The van der Waals surface area contributed by atoms with Crippen LogP contribution < -0.4 is 0 Å². The summed E-state index contributed by atoms with van der Waals surface area (Å²) >= 11 is 0. The van der Waals surface area contributed by atoms with E-state index in [0.717, 1.165) is 26.4 Å². The topological polar surface area (TPSA) is 18.5 Å². The molecule has 0 spiro atoms. The van der Waals surface area contributed by atoms with E-state index in [1.54, 1.807) is 0 Å². The maximum atomic E-state index is 5.57. The summed E-state index contributed by atoms with van der Waals surface area (Å²) in [5.41, 5.74) is 0. The van der Waals surface area contributed by atoms with Crippen molar-refractivity contribution in [3.63, 3.8) is 0 Å². The fraction of sp³-hybridized carbons (Fsp3) is 1.00. The molecular weight excluding hydrogens is 236 g/mol. The van der Waals surface area contributed by atoms with Crippen molar-refractivity contribution in [2.45, 2.75) is 72.6 Å². The van der Waals surface area contributed by atoms with Crippen molar-refractivity contribution in [3.05, 3.63) is 0 Å². The van der Waals surface area contributed by atoms with Gasteiger partial charge in [0, 0.05) is 26.4 Å². The first-order valence-corrected chi connectivity index (χ1v) is 8.28. The van der Waals surface area contributed by atoms with Gasteiger partial charge in [0.1, 0.15) is 0 Å². The predicted molar refractivity (Wildman–Crippen MR) is 83.6 cm³/mol. The Morgan fingerprint density at radius 2 is 0.842 bits per heavy atom. The SMILES string of the molecule is CC(C)COCCCCCCCCCOCC(C)C. The number of rotatable bonds is 14. The van der Waals surface area contributed by atoms with E-state index in [0.29, 0.717) is 11.8 Å². The average molecular weight is 272 g/mol. The number of unbranched alkanes of at least 4 members (excludes halogenated alkanes) is 6. The maximum Gasteiger partial charge on any atom is 0.0488 e. The highest BCUT2D eigenvalue weighted by atomic mass is 16.5. The van der Waals surface area contributed by atoms with Crippen LogP contribution in [0.3, 0.4) is 0 Å². The fourth-order valence-electron chi connectivity index (χ4n) is 1.93. The lowest BCUT2D eigenvalue weighted by atomic mass is 10.1. The van der Waals surface area contributed by atoms with E-state index in [-0.39, 0.29) is 0 Å². The molecule has 0 aromatic rings. The highest BCUT2D eigenvalue weighted by Crippen LogP contribution is 2.08. The van der Waals surface area contributed by atoms with E-state index < -0.39 is 0 Å². The number of hydrogen-bond acceptors (Lipinski definition) is 2. The van der Waals surface area contributed by atoms with Gasteiger partial charge in [-0.2, -0.15) is 0 Å². The first-order valence-electron chi connectivity index (χ1n) is 8.28. The van der Waals surface area contributed by atoms with Crippen LogP contribution in [0.4, 0.5) is 0 Å². The van der Waals surface area contributed by atoms with Crippen molar-refractivity contribution in [3.8, 4) is 0 Å². The fourth-order valence-corrected chi connectivity index (χ4v) is 1.93. The zero-order chi connectivity index (χ0) is 14.3. The van der Waals surface area contributed by atoms with E-state index in [9.17, 15) is 0 Å². The highest BCUT2D eigenvalue weighted by Gasteiger charge is 1.96. The molecule has 0 radical (unpaired) electrons. The molecule has 0 unspecified atom stereocenters. The minimum atomic E-state index is 0.665. The molecule has 0 rings (SSSR count). The summed E-state index contributed by atoms with van der Waals surface area (Å²) in [4.78, 5) is 0. The molecule has 0 fully saturated rings. The van der Waals surface area contributed by atoms with Gasteiger partial charge in [-0.3, -0.25) is 0 Å². The van der Waals surface area contributed by atoms with E-state index in [1.807, 2.05) is 0 Å². The summed E-state index contributed by atoms with van der Waals surface area (Å²) in [5, 5.41) is 0. The van der Waals surface area contributed by atoms with Gasteiger partial charge >= 0.3 is 0 Å². The molecule has 0 saturated carbocycles. The number of hydrogen-bond donors (Lipinski definition) is 0. The van der Waals surface area contributed by atoms with Crippen molar-refractivity contribution in [1.82, 2.24) is 0 Å². The van der Waals surface area contributed by atoms with Crippen molar-refractivity contribution in [2.24, 2.45) is 11.8 Å². The molecule has 0 atom stereocenters. The Balaban J connectivity index is 2.95. The van der Waals surface area contributed by atoms with Crippen LogP contribution in [0.2, 0.25) is 0 Å². The lowest BCUT2D eigenvalue weighted by Gasteiger charge is -2.07. The third kappa shape index (κ3) is 17.9. The second-order valence-corrected chi connectivity index (χ2v) is 6.41. The molecule has 0 aromatic heterocycles. The van der Waals surface area contributed by atoms with E-state index in [4.69, 9.17) is 9.47 Å². The largest absolute Gasteiger partial charge is 0.381 e. The second kappa shape index (κ2) is 14.3. The summed E-state index contributed by atoms with van der Waals surface area (Å²) in [6.45, 7) is 12.5. The quantitative estimate of drug-likeness (QED) is 0.411. The maximum absolute atomic E-state index is 5.57. The standard InChI is InChI=1S/C17H36O2/c1-16(2)14-18-12-10-8-6-5-7-9-11-13-19-15-17(3)4/h16-17H,5-15H2,1-4H3.